The Bertz CT molecular complexity index is 443. The van der Waals surface area contributed by atoms with E-state index in [1.54, 1.807) is 0 Å². The van der Waals surface area contributed by atoms with Gasteiger partial charge in [0.1, 0.15) is 11.7 Å². The van der Waals surface area contributed by atoms with Crippen LogP contribution in [0.5, 0.6) is 0 Å². The molecule has 0 unspecified atom stereocenters. The zero-order valence-corrected chi connectivity index (χ0v) is 10.7. The van der Waals surface area contributed by atoms with Crippen molar-refractivity contribution in [3.63, 3.8) is 0 Å². The predicted molar refractivity (Wildman–Crippen MR) is 66.0 cm³/mol. The number of amides is 1. The van der Waals surface area contributed by atoms with E-state index >= 15 is 0 Å². The van der Waals surface area contributed by atoms with Crippen LogP contribution in [0.4, 0.5) is 0 Å². The summed E-state index contributed by atoms with van der Waals surface area (Å²) in [6.45, 7) is 4.76. The number of carbonyl (C=O) groups excluding carboxylic acids is 1. The lowest BCUT2D eigenvalue weighted by Gasteiger charge is -2.08. The Morgan fingerprint density at radius 1 is 1.59 bits per heavy atom. The van der Waals surface area contributed by atoms with Crippen molar-refractivity contribution in [3.8, 4) is 0 Å². The van der Waals surface area contributed by atoms with Gasteiger partial charge in [-0.15, -0.1) is 0 Å². The Balaban J connectivity index is 2.48. The first-order valence-electron chi connectivity index (χ1n) is 5.47. The van der Waals surface area contributed by atoms with Gasteiger partial charge in [0.05, 0.1) is 6.33 Å². The zero-order chi connectivity index (χ0) is 12.8. The highest BCUT2D eigenvalue weighted by Gasteiger charge is 2.05. The van der Waals surface area contributed by atoms with Crippen LogP contribution in [-0.4, -0.2) is 22.0 Å². The van der Waals surface area contributed by atoms with Gasteiger partial charge in [-0.1, -0.05) is 25.4 Å². The highest BCUT2D eigenvalue weighted by molar-refractivity contribution is 6.29. The molecule has 94 valence electrons. The Kier molecular flexibility index (Phi) is 5.15. The number of halogens is 1. The summed E-state index contributed by atoms with van der Waals surface area (Å²) in [5.74, 6) is 0.340. The molecule has 0 radical (unpaired) electrons. The van der Waals surface area contributed by atoms with Crippen molar-refractivity contribution in [1.82, 2.24) is 14.9 Å². The Hall–Kier alpha value is -1.36. The van der Waals surface area contributed by atoms with Gasteiger partial charge in [-0.05, 0) is 12.3 Å². The van der Waals surface area contributed by atoms with Crippen LogP contribution in [0.25, 0.3) is 0 Å². The lowest BCUT2D eigenvalue weighted by atomic mass is 10.1. The molecule has 0 atom stereocenters. The first-order chi connectivity index (χ1) is 7.99. The minimum atomic E-state index is -0.330. The van der Waals surface area contributed by atoms with E-state index in [0.717, 1.165) is 6.42 Å². The minimum Gasteiger partial charge on any atom is -0.355 e. The first kappa shape index (κ1) is 13.7. The van der Waals surface area contributed by atoms with Crippen molar-refractivity contribution < 1.29 is 4.79 Å². The third kappa shape index (κ3) is 4.99. The molecular formula is C11H16ClN3O2. The Labute approximate surface area is 105 Å². The normalized spacial score (nSPS) is 10.6. The van der Waals surface area contributed by atoms with Crippen molar-refractivity contribution in [3.05, 3.63) is 27.9 Å². The largest absolute Gasteiger partial charge is 0.355 e. The number of carbonyl (C=O) groups is 1. The molecule has 1 aromatic rings. The van der Waals surface area contributed by atoms with Gasteiger partial charge in [0.25, 0.3) is 5.56 Å². The number of hydrogen-bond donors (Lipinski definition) is 1. The van der Waals surface area contributed by atoms with Gasteiger partial charge < -0.3 is 5.32 Å². The molecule has 0 aliphatic heterocycles. The van der Waals surface area contributed by atoms with E-state index in [0.29, 0.717) is 12.5 Å². The summed E-state index contributed by atoms with van der Waals surface area (Å²) >= 11 is 5.55. The lowest BCUT2D eigenvalue weighted by Crippen LogP contribution is -2.33. The molecule has 1 heterocycles. The number of nitrogens with zero attached hydrogens (tertiary/aromatic N) is 2. The van der Waals surface area contributed by atoms with Gasteiger partial charge in [-0.3, -0.25) is 14.2 Å². The van der Waals surface area contributed by atoms with E-state index < -0.39 is 0 Å². The fourth-order valence-corrected chi connectivity index (χ4v) is 1.37. The number of rotatable bonds is 5. The molecule has 17 heavy (non-hydrogen) atoms. The maximum absolute atomic E-state index is 11.5. The van der Waals surface area contributed by atoms with Crippen LogP contribution in [0, 0.1) is 5.92 Å². The standard InChI is InChI=1S/C11H16ClN3O2/c1-8(2)3-4-13-10(16)6-15-7-14-9(12)5-11(15)17/h5,7-8H,3-4,6H2,1-2H3,(H,13,16). The highest BCUT2D eigenvalue weighted by atomic mass is 35.5. The van der Waals surface area contributed by atoms with E-state index in [1.807, 2.05) is 0 Å². The Morgan fingerprint density at radius 3 is 2.88 bits per heavy atom. The SMILES string of the molecule is CC(C)CCNC(=O)Cn1cnc(Cl)cc1=O. The van der Waals surface area contributed by atoms with E-state index in [-0.39, 0.29) is 23.2 Å². The molecule has 1 rings (SSSR count). The highest BCUT2D eigenvalue weighted by Crippen LogP contribution is 1.97. The van der Waals surface area contributed by atoms with Crippen molar-refractivity contribution in [2.75, 3.05) is 6.54 Å². The van der Waals surface area contributed by atoms with Crippen LogP contribution >= 0.6 is 11.6 Å². The molecule has 1 amide bonds. The van der Waals surface area contributed by atoms with Crippen molar-refractivity contribution in [2.24, 2.45) is 5.92 Å². The second kappa shape index (κ2) is 6.39. The van der Waals surface area contributed by atoms with Gasteiger partial charge in [0.2, 0.25) is 5.91 Å². The second-order valence-electron chi connectivity index (χ2n) is 4.21. The molecule has 0 saturated heterocycles. The number of aromatic nitrogens is 2. The minimum absolute atomic E-state index is 0.0267. The van der Waals surface area contributed by atoms with Crippen LogP contribution in [0.1, 0.15) is 20.3 Å². The van der Waals surface area contributed by atoms with Crippen LogP contribution in [0.3, 0.4) is 0 Å². The third-order valence-corrected chi connectivity index (χ3v) is 2.41. The van der Waals surface area contributed by atoms with E-state index in [2.05, 4.69) is 24.1 Å². The summed E-state index contributed by atoms with van der Waals surface area (Å²) in [6.07, 6.45) is 2.19. The number of hydrogen-bond acceptors (Lipinski definition) is 3. The summed E-state index contributed by atoms with van der Waals surface area (Å²) in [5, 5.41) is 2.88. The number of nitrogens with one attached hydrogen (secondary N) is 1. The van der Waals surface area contributed by atoms with Crippen molar-refractivity contribution in [1.29, 1.82) is 0 Å². The van der Waals surface area contributed by atoms with Gasteiger partial charge in [0.15, 0.2) is 0 Å². The fraction of sp³-hybridized carbons (Fsp3) is 0.545. The van der Waals surface area contributed by atoms with E-state index in [1.165, 1.54) is 17.0 Å². The average Bonchev–Trinajstić information content (AvgIpc) is 2.21. The predicted octanol–water partition coefficient (Wildman–Crippen LogP) is 1.06. The van der Waals surface area contributed by atoms with Crippen LogP contribution in [0.2, 0.25) is 5.15 Å². The van der Waals surface area contributed by atoms with Crippen LogP contribution < -0.4 is 10.9 Å². The summed E-state index contributed by atoms with van der Waals surface area (Å²) in [5.41, 5.74) is -0.330. The average molecular weight is 258 g/mol. The van der Waals surface area contributed by atoms with Crippen LogP contribution in [0.15, 0.2) is 17.2 Å². The molecule has 0 aromatic carbocycles. The molecule has 0 fully saturated rings. The van der Waals surface area contributed by atoms with Gasteiger partial charge >= 0.3 is 0 Å². The zero-order valence-electron chi connectivity index (χ0n) is 9.94. The molecule has 5 nitrogen and oxygen atoms in total. The van der Waals surface area contributed by atoms with Crippen LogP contribution in [-0.2, 0) is 11.3 Å². The lowest BCUT2D eigenvalue weighted by molar-refractivity contribution is -0.121. The monoisotopic (exact) mass is 257 g/mol. The molecule has 0 bridgehead atoms. The van der Waals surface area contributed by atoms with Crippen molar-refractivity contribution >= 4 is 17.5 Å². The summed E-state index contributed by atoms with van der Waals surface area (Å²) in [4.78, 5) is 26.7. The van der Waals surface area contributed by atoms with E-state index in [9.17, 15) is 9.59 Å². The molecule has 6 heteroatoms. The molecule has 0 saturated carbocycles. The van der Waals surface area contributed by atoms with Gasteiger partial charge in [-0.25, -0.2) is 4.98 Å². The maximum atomic E-state index is 11.5. The summed E-state index contributed by atoms with van der Waals surface area (Å²) < 4.78 is 1.22. The quantitative estimate of drug-likeness (QED) is 0.803. The van der Waals surface area contributed by atoms with Gasteiger partial charge in [-0.2, -0.15) is 0 Å². The van der Waals surface area contributed by atoms with E-state index in [4.69, 9.17) is 11.6 Å². The van der Waals surface area contributed by atoms with Gasteiger partial charge in [0, 0.05) is 12.6 Å². The summed E-state index contributed by atoms with van der Waals surface area (Å²) in [7, 11) is 0. The topological polar surface area (TPSA) is 64.0 Å². The summed E-state index contributed by atoms with van der Waals surface area (Å²) in [6, 6.07) is 1.18. The smallest absolute Gasteiger partial charge is 0.255 e. The molecule has 1 aromatic heterocycles. The molecule has 0 aliphatic rings. The fourth-order valence-electron chi connectivity index (χ4n) is 1.23. The third-order valence-electron chi connectivity index (χ3n) is 2.20. The Morgan fingerprint density at radius 2 is 2.29 bits per heavy atom. The molecule has 0 aliphatic carbocycles. The van der Waals surface area contributed by atoms with Crippen molar-refractivity contribution in [2.45, 2.75) is 26.8 Å². The first-order valence-corrected chi connectivity index (χ1v) is 5.85. The maximum Gasteiger partial charge on any atom is 0.255 e. The second-order valence-corrected chi connectivity index (χ2v) is 4.60. The molecular weight excluding hydrogens is 242 g/mol. The molecule has 0 spiro atoms. The molecule has 1 N–H and O–H groups in total.